The molecule has 0 saturated carbocycles. The van der Waals surface area contributed by atoms with Crippen LogP contribution in [0.5, 0.6) is 5.75 Å². The minimum atomic E-state index is -0.435. The van der Waals surface area contributed by atoms with Gasteiger partial charge >= 0.3 is 57.1 Å². The van der Waals surface area contributed by atoms with Crippen molar-refractivity contribution >= 4 is 62.5 Å². The standard InChI is InChI=1S/C15H16N4O3.K.H/c1-3-19-14(20)12-13(17-15(19)21)16-9-18(12)8-10-4-6-11(22-2)7-5-10;;/h4-7,9H,3,8H2,1-2H3,(H,17,21);;. The van der Waals surface area contributed by atoms with Gasteiger partial charge in [0.05, 0.1) is 13.4 Å². The first-order valence-corrected chi connectivity index (χ1v) is 6.95. The molecule has 1 aromatic carbocycles. The van der Waals surface area contributed by atoms with Crippen molar-refractivity contribution < 1.29 is 4.74 Å². The Hall–Kier alpha value is -1.19. The van der Waals surface area contributed by atoms with Crippen LogP contribution < -0.4 is 16.0 Å². The second kappa shape index (κ2) is 7.58. The van der Waals surface area contributed by atoms with E-state index in [0.717, 1.165) is 15.9 Å². The molecule has 0 amide bonds. The number of aromatic amines is 1. The number of H-pyrrole nitrogens is 1. The molecule has 0 aliphatic rings. The molecule has 116 valence electrons. The second-order valence-corrected chi connectivity index (χ2v) is 4.90. The van der Waals surface area contributed by atoms with E-state index in [-0.39, 0.29) is 56.9 Å². The number of methoxy groups -OCH3 is 1. The zero-order valence-electron chi connectivity index (χ0n) is 12.4. The molecule has 0 radical (unpaired) electrons. The molecule has 2 heterocycles. The summed E-state index contributed by atoms with van der Waals surface area (Å²) in [5.41, 5.74) is 0.959. The van der Waals surface area contributed by atoms with E-state index in [1.165, 1.54) is 0 Å². The van der Waals surface area contributed by atoms with Crippen LogP contribution in [0.2, 0.25) is 0 Å². The number of rotatable bonds is 4. The van der Waals surface area contributed by atoms with Crippen LogP contribution in [0.25, 0.3) is 11.2 Å². The summed E-state index contributed by atoms with van der Waals surface area (Å²) < 4.78 is 8.02. The third-order valence-corrected chi connectivity index (χ3v) is 3.58. The Bertz CT molecular complexity index is 925. The summed E-state index contributed by atoms with van der Waals surface area (Å²) in [6, 6.07) is 7.57. The Balaban J connectivity index is 0.00000192. The third-order valence-electron chi connectivity index (χ3n) is 3.58. The van der Waals surface area contributed by atoms with Gasteiger partial charge in [0.25, 0.3) is 5.56 Å². The molecule has 23 heavy (non-hydrogen) atoms. The molecule has 0 fully saturated rings. The summed E-state index contributed by atoms with van der Waals surface area (Å²) in [7, 11) is 1.61. The molecule has 0 spiro atoms. The SMILES string of the molecule is CCn1c(=O)[nH]c2ncn(Cc3ccc(OC)cc3)c2c1=O.[KH]. The Morgan fingerprint density at radius 3 is 2.52 bits per heavy atom. The summed E-state index contributed by atoms with van der Waals surface area (Å²) >= 11 is 0. The van der Waals surface area contributed by atoms with Crippen molar-refractivity contribution in [2.45, 2.75) is 20.0 Å². The summed E-state index contributed by atoms with van der Waals surface area (Å²) in [4.78, 5) is 30.9. The maximum absolute atomic E-state index is 12.4. The minimum absolute atomic E-state index is 0. The summed E-state index contributed by atoms with van der Waals surface area (Å²) in [6.45, 7) is 2.57. The quantitative estimate of drug-likeness (QED) is 0.693. The van der Waals surface area contributed by atoms with Crippen molar-refractivity contribution in [2.24, 2.45) is 0 Å². The molecular formula is C15H17KN4O3. The van der Waals surface area contributed by atoms with Crippen LogP contribution in [0.15, 0.2) is 40.2 Å². The maximum atomic E-state index is 12.4. The van der Waals surface area contributed by atoms with Gasteiger partial charge in [-0.3, -0.25) is 14.3 Å². The molecule has 7 nitrogen and oxygen atoms in total. The van der Waals surface area contributed by atoms with E-state index in [4.69, 9.17) is 4.74 Å². The fourth-order valence-electron chi connectivity index (χ4n) is 2.42. The van der Waals surface area contributed by atoms with Crippen molar-refractivity contribution in [2.75, 3.05) is 7.11 Å². The number of ether oxygens (including phenoxy) is 1. The zero-order chi connectivity index (χ0) is 15.7. The van der Waals surface area contributed by atoms with E-state index in [0.29, 0.717) is 24.3 Å². The molecule has 3 aromatic rings. The van der Waals surface area contributed by atoms with Crippen molar-refractivity contribution in [3.63, 3.8) is 0 Å². The van der Waals surface area contributed by atoms with Gasteiger partial charge < -0.3 is 9.30 Å². The van der Waals surface area contributed by atoms with Crippen LogP contribution in [-0.2, 0) is 13.1 Å². The van der Waals surface area contributed by atoms with Crippen LogP contribution >= 0.6 is 0 Å². The predicted octanol–water partition coefficient (Wildman–Crippen LogP) is 0.315. The Labute approximate surface area is 174 Å². The number of nitrogens with one attached hydrogen (secondary N) is 1. The molecule has 3 rings (SSSR count). The van der Waals surface area contributed by atoms with Crippen molar-refractivity contribution in [1.82, 2.24) is 19.1 Å². The van der Waals surface area contributed by atoms with Gasteiger partial charge in [0, 0.05) is 13.1 Å². The topological polar surface area (TPSA) is 81.9 Å². The summed E-state index contributed by atoms with van der Waals surface area (Å²) in [5, 5.41) is 0. The molecule has 0 unspecified atom stereocenters. The molecule has 0 saturated heterocycles. The van der Waals surface area contributed by atoms with Crippen molar-refractivity contribution in [3.8, 4) is 5.75 Å². The van der Waals surface area contributed by atoms with E-state index in [9.17, 15) is 9.59 Å². The number of benzene rings is 1. The second-order valence-electron chi connectivity index (χ2n) is 4.90. The number of nitrogens with zero attached hydrogens (tertiary/aromatic N) is 3. The number of aromatic nitrogens is 4. The number of hydrogen-bond donors (Lipinski definition) is 1. The number of imidazole rings is 1. The first kappa shape index (κ1) is 18.1. The summed E-state index contributed by atoms with van der Waals surface area (Å²) in [6.07, 6.45) is 1.56. The van der Waals surface area contributed by atoms with Crippen LogP contribution in [0.1, 0.15) is 12.5 Å². The van der Waals surface area contributed by atoms with Gasteiger partial charge in [0.1, 0.15) is 5.75 Å². The van der Waals surface area contributed by atoms with E-state index >= 15 is 0 Å². The van der Waals surface area contributed by atoms with Crippen LogP contribution in [0, 0.1) is 0 Å². The van der Waals surface area contributed by atoms with Crippen LogP contribution in [0.3, 0.4) is 0 Å². The third kappa shape index (κ3) is 3.51. The van der Waals surface area contributed by atoms with Gasteiger partial charge in [0.2, 0.25) is 0 Å². The van der Waals surface area contributed by atoms with E-state index in [2.05, 4.69) is 9.97 Å². The summed E-state index contributed by atoms with van der Waals surface area (Å²) in [5.74, 6) is 0.775. The van der Waals surface area contributed by atoms with Gasteiger partial charge in [-0.1, -0.05) is 12.1 Å². The van der Waals surface area contributed by atoms with Gasteiger partial charge in [-0.05, 0) is 24.6 Å². The van der Waals surface area contributed by atoms with E-state index in [1.54, 1.807) is 24.9 Å². The zero-order valence-corrected chi connectivity index (χ0v) is 12.4. The Kier molecular flexibility index (Phi) is 5.98. The van der Waals surface area contributed by atoms with E-state index in [1.807, 2.05) is 24.3 Å². The monoisotopic (exact) mass is 340 g/mol. The van der Waals surface area contributed by atoms with Crippen molar-refractivity contribution in [1.29, 1.82) is 0 Å². The first-order chi connectivity index (χ1) is 10.6. The molecule has 0 aliphatic heterocycles. The fraction of sp³-hybridized carbons (Fsp3) is 0.267. The van der Waals surface area contributed by atoms with Gasteiger partial charge in [0.15, 0.2) is 11.2 Å². The van der Waals surface area contributed by atoms with Gasteiger partial charge in [-0.25, -0.2) is 9.78 Å². The average Bonchev–Trinajstić information content (AvgIpc) is 2.91. The van der Waals surface area contributed by atoms with Crippen LogP contribution in [-0.4, -0.2) is 77.6 Å². The number of fused-ring (bicyclic) bond motifs is 1. The van der Waals surface area contributed by atoms with Crippen molar-refractivity contribution in [3.05, 3.63) is 57.0 Å². The van der Waals surface area contributed by atoms with Crippen LogP contribution in [0.4, 0.5) is 0 Å². The average molecular weight is 340 g/mol. The molecule has 2 aromatic heterocycles. The molecule has 0 atom stereocenters. The molecular weight excluding hydrogens is 323 g/mol. The molecule has 8 heteroatoms. The molecule has 0 bridgehead atoms. The molecule has 0 aliphatic carbocycles. The Morgan fingerprint density at radius 1 is 1.22 bits per heavy atom. The predicted molar refractivity (Wildman–Crippen MR) is 89.5 cm³/mol. The number of hydrogen-bond acceptors (Lipinski definition) is 4. The molecule has 1 N–H and O–H groups in total. The normalized spacial score (nSPS) is 10.5. The Morgan fingerprint density at radius 2 is 1.91 bits per heavy atom. The fourth-order valence-corrected chi connectivity index (χ4v) is 2.42. The van der Waals surface area contributed by atoms with E-state index < -0.39 is 5.69 Å². The van der Waals surface area contributed by atoms with Gasteiger partial charge in [-0.15, -0.1) is 0 Å². The first-order valence-electron chi connectivity index (χ1n) is 6.95. The van der Waals surface area contributed by atoms with Gasteiger partial charge in [-0.2, -0.15) is 0 Å².